The van der Waals surface area contributed by atoms with E-state index in [0.717, 1.165) is 43.0 Å². The topological polar surface area (TPSA) is 195 Å². The number of nitrogens with two attached hydrogens (primary N) is 1. The van der Waals surface area contributed by atoms with Crippen molar-refractivity contribution in [1.82, 2.24) is 24.2 Å². The first-order valence-electron chi connectivity index (χ1n) is 14.7. The van der Waals surface area contributed by atoms with Crippen molar-refractivity contribution in [3.05, 3.63) is 47.0 Å². The van der Waals surface area contributed by atoms with Crippen molar-refractivity contribution >= 4 is 30.8 Å². The summed E-state index contributed by atoms with van der Waals surface area (Å²) in [5.41, 5.74) is 4.60. The largest absolute Gasteiger partial charge is 0.480 e. The Morgan fingerprint density at radius 1 is 1.32 bits per heavy atom. The van der Waals surface area contributed by atoms with Gasteiger partial charge in [0.25, 0.3) is 5.56 Å². The van der Waals surface area contributed by atoms with Gasteiger partial charge in [-0.2, -0.15) is 14.0 Å². The molecule has 1 saturated heterocycles. The second kappa shape index (κ2) is 12.9. The van der Waals surface area contributed by atoms with Gasteiger partial charge < -0.3 is 25.2 Å². The van der Waals surface area contributed by atoms with Crippen molar-refractivity contribution in [1.29, 1.82) is 0 Å². The summed E-state index contributed by atoms with van der Waals surface area (Å²) < 4.78 is 50.7. The molecule has 0 bridgehead atoms. The van der Waals surface area contributed by atoms with Gasteiger partial charge in [-0.05, 0) is 31.4 Å². The lowest BCUT2D eigenvalue weighted by atomic mass is 9.87. The zero-order valence-electron chi connectivity index (χ0n) is 24.5. The lowest BCUT2D eigenvalue weighted by Gasteiger charge is -2.34. The molecule has 1 aliphatic carbocycles. The molecule has 0 unspecified atom stereocenters. The number of benzene rings is 1. The number of para-hydroxylation sites is 1. The summed E-state index contributed by atoms with van der Waals surface area (Å²) in [5, 5.41) is 21.0. The Morgan fingerprint density at radius 2 is 2.02 bits per heavy atom. The van der Waals surface area contributed by atoms with Gasteiger partial charge in [0.2, 0.25) is 5.95 Å². The molecule has 1 aromatic carbocycles. The first kappa shape index (κ1) is 32.0. The fourth-order valence-corrected chi connectivity index (χ4v) is 7.77. The fraction of sp³-hybridized carbons (Fsp3) is 0.571. The molecule has 2 aromatic heterocycles. The van der Waals surface area contributed by atoms with Crippen LogP contribution in [0.15, 0.2) is 41.5 Å². The van der Waals surface area contributed by atoms with Crippen LogP contribution in [0.5, 0.6) is 5.75 Å². The Kier molecular flexibility index (Phi) is 9.42. The van der Waals surface area contributed by atoms with Gasteiger partial charge in [-0.15, -0.1) is 0 Å². The molecular formula is C28H38FN6O8P. The molecule has 3 heterocycles. The lowest BCUT2D eigenvalue weighted by molar-refractivity contribution is -0.216. The summed E-state index contributed by atoms with van der Waals surface area (Å²) in [5.74, 6) is -4.95. The summed E-state index contributed by atoms with van der Waals surface area (Å²) in [6.45, 7) is 2.28. The van der Waals surface area contributed by atoms with Crippen molar-refractivity contribution in [2.75, 3.05) is 18.9 Å². The van der Waals surface area contributed by atoms with Crippen LogP contribution in [0.4, 0.5) is 10.3 Å². The van der Waals surface area contributed by atoms with Crippen LogP contribution >= 0.6 is 7.75 Å². The molecule has 1 aliphatic heterocycles. The number of nitrogen functional groups attached to an aromatic ring is 1. The SMILES string of the molecule is C[C@@H]1[C@H](O)[C@@H](CO[P@@](=O)(Oc2ccccc2)N(CCC2CCCCC2)[C@@H](C)C(=O)O)O[C@@]1(F)n1cnc2c(=O)[nH]c(N)nc21. The Labute approximate surface area is 252 Å². The Hall–Kier alpha value is -3.36. The number of aliphatic hydroxyl groups excluding tert-OH is 1. The number of ether oxygens (including phenoxy) is 1. The summed E-state index contributed by atoms with van der Waals surface area (Å²) >= 11 is 0. The van der Waals surface area contributed by atoms with Crippen molar-refractivity contribution < 1.29 is 37.7 Å². The number of fused-ring (bicyclic) bond motifs is 1. The molecule has 2 aliphatic rings. The number of imidazole rings is 1. The highest BCUT2D eigenvalue weighted by atomic mass is 31.2. The number of carboxylic acids is 1. The molecule has 6 atom stereocenters. The van der Waals surface area contributed by atoms with Crippen LogP contribution in [0.1, 0.15) is 52.4 Å². The fourth-order valence-electron chi connectivity index (χ4n) is 5.86. The van der Waals surface area contributed by atoms with E-state index in [4.69, 9.17) is 19.5 Å². The van der Waals surface area contributed by atoms with Gasteiger partial charge in [0.1, 0.15) is 24.2 Å². The first-order valence-corrected chi connectivity index (χ1v) is 16.2. The molecule has 0 radical (unpaired) electrons. The number of halogens is 1. The van der Waals surface area contributed by atoms with Gasteiger partial charge in [-0.3, -0.25) is 23.7 Å². The standard InChI is InChI=1S/C28H38FN6O8P/c1-17-23(36)21(42-28(17,29)34-16-31-22-24(34)32-27(30)33-25(22)37)15-41-44(40,43-20-11-7-4-8-12-20)35(18(2)26(38)39)14-13-19-9-5-3-6-10-19/h4,7-8,11-12,16-19,21,23,36H,3,5-6,9-10,13-15H2,1-2H3,(H,38,39)(H3,30,32,33,37)/t17-,18+,21-,23+,28+,44-/m1/s1. The molecule has 1 saturated carbocycles. The first-order chi connectivity index (χ1) is 20.9. The van der Waals surface area contributed by atoms with E-state index < -0.39 is 56.0 Å². The maximum absolute atomic E-state index is 16.6. The van der Waals surface area contributed by atoms with E-state index in [1.165, 1.54) is 18.5 Å². The number of aromatic nitrogens is 4. The smallest absolute Gasteiger partial charge is 0.462 e. The number of carboxylic acid groups (broad SMARTS) is 1. The highest BCUT2D eigenvalue weighted by Gasteiger charge is 2.56. The van der Waals surface area contributed by atoms with E-state index >= 15 is 4.39 Å². The van der Waals surface area contributed by atoms with Crippen LogP contribution in [-0.4, -0.2) is 71.8 Å². The highest BCUT2D eigenvalue weighted by molar-refractivity contribution is 7.51. The van der Waals surface area contributed by atoms with Crippen LogP contribution < -0.4 is 15.8 Å². The third kappa shape index (κ3) is 6.38. The number of hydrogen-bond donors (Lipinski definition) is 4. The normalized spacial score (nSPS) is 26.5. The number of aromatic amines is 1. The Morgan fingerprint density at radius 3 is 2.70 bits per heavy atom. The molecule has 240 valence electrons. The molecule has 44 heavy (non-hydrogen) atoms. The zero-order valence-corrected chi connectivity index (χ0v) is 25.4. The molecule has 14 nitrogen and oxygen atoms in total. The number of H-pyrrole nitrogens is 1. The average Bonchev–Trinajstić information content (AvgIpc) is 3.53. The van der Waals surface area contributed by atoms with Crippen LogP contribution in [0, 0.1) is 11.8 Å². The van der Waals surface area contributed by atoms with Gasteiger partial charge in [0.05, 0.1) is 18.6 Å². The van der Waals surface area contributed by atoms with Crippen LogP contribution in [0.3, 0.4) is 0 Å². The number of nitrogens with one attached hydrogen (secondary N) is 1. The average molecular weight is 637 g/mol. The molecule has 16 heteroatoms. The molecule has 3 aromatic rings. The van der Waals surface area contributed by atoms with Gasteiger partial charge in [-0.25, -0.2) is 9.55 Å². The Bertz CT molecular complexity index is 1570. The van der Waals surface area contributed by atoms with E-state index in [0.29, 0.717) is 12.3 Å². The number of nitrogens with zero attached hydrogens (tertiary/aromatic N) is 4. The van der Waals surface area contributed by atoms with Crippen LogP contribution in [0.2, 0.25) is 0 Å². The Balaban J connectivity index is 1.42. The number of hydrogen-bond acceptors (Lipinski definition) is 10. The number of rotatable bonds is 12. The monoisotopic (exact) mass is 636 g/mol. The minimum Gasteiger partial charge on any atom is -0.480 e. The maximum Gasteiger partial charge on any atom is 0.462 e. The molecular weight excluding hydrogens is 598 g/mol. The molecule has 5 N–H and O–H groups in total. The predicted octanol–water partition coefficient (Wildman–Crippen LogP) is 3.63. The zero-order chi connectivity index (χ0) is 31.6. The van der Waals surface area contributed by atoms with Crippen LogP contribution in [0.25, 0.3) is 11.2 Å². The third-order valence-electron chi connectivity index (χ3n) is 8.50. The summed E-state index contributed by atoms with van der Waals surface area (Å²) in [6, 6.07) is 6.92. The lowest BCUT2D eigenvalue weighted by Crippen LogP contribution is -2.40. The second-order valence-corrected chi connectivity index (χ2v) is 13.3. The number of aliphatic carboxylic acids is 1. The number of aliphatic hydroxyl groups is 1. The summed E-state index contributed by atoms with van der Waals surface area (Å²) in [4.78, 5) is 34.6. The minimum atomic E-state index is -4.44. The molecule has 0 spiro atoms. The third-order valence-corrected chi connectivity index (χ3v) is 10.6. The van der Waals surface area contributed by atoms with Gasteiger partial charge >= 0.3 is 19.7 Å². The highest BCUT2D eigenvalue weighted by Crippen LogP contribution is 2.54. The summed E-state index contributed by atoms with van der Waals surface area (Å²) in [7, 11) is -4.44. The van der Waals surface area contributed by atoms with Crippen molar-refractivity contribution in [2.24, 2.45) is 11.8 Å². The second-order valence-electron chi connectivity index (χ2n) is 11.4. The van der Waals surface area contributed by atoms with Gasteiger partial charge in [0.15, 0.2) is 11.2 Å². The minimum absolute atomic E-state index is 0.114. The van der Waals surface area contributed by atoms with Crippen molar-refractivity contribution in [3.8, 4) is 5.75 Å². The van der Waals surface area contributed by atoms with Crippen molar-refractivity contribution in [3.63, 3.8) is 0 Å². The van der Waals surface area contributed by atoms with E-state index in [1.54, 1.807) is 30.3 Å². The van der Waals surface area contributed by atoms with Crippen molar-refractivity contribution in [2.45, 2.75) is 76.6 Å². The van der Waals surface area contributed by atoms with E-state index in [-0.39, 0.29) is 29.4 Å². The van der Waals surface area contributed by atoms with E-state index in [9.17, 15) is 24.4 Å². The quantitative estimate of drug-likeness (QED) is 0.211. The molecule has 2 fully saturated rings. The molecule has 0 amide bonds. The van der Waals surface area contributed by atoms with Gasteiger partial charge in [-0.1, -0.05) is 57.2 Å². The number of carbonyl (C=O) groups is 1. The summed E-state index contributed by atoms with van der Waals surface area (Å²) in [6.07, 6.45) is 4.05. The molecule has 5 rings (SSSR count). The van der Waals surface area contributed by atoms with E-state index in [1.807, 2.05) is 0 Å². The number of alkyl halides is 1. The number of anilines is 1. The maximum atomic E-state index is 16.6. The van der Waals surface area contributed by atoms with Crippen LogP contribution in [-0.2, 0) is 24.6 Å². The predicted molar refractivity (Wildman–Crippen MR) is 157 cm³/mol. The van der Waals surface area contributed by atoms with Gasteiger partial charge in [0, 0.05) is 6.54 Å². The van der Waals surface area contributed by atoms with E-state index in [2.05, 4.69) is 15.0 Å².